The minimum atomic E-state index is -0.908. The highest BCUT2D eigenvalue weighted by atomic mass is 16.4. The Morgan fingerprint density at radius 3 is 2.56 bits per heavy atom. The molecule has 88 valence electrons. The van der Waals surface area contributed by atoms with E-state index in [0.717, 1.165) is 16.5 Å². The van der Waals surface area contributed by atoms with E-state index in [1.807, 2.05) is 47.0 Å². The molecule has 3 nitrogen and oxygen atoms in total. The van der Waals surface area contributed by atoms with Crippen molar-refractivity contribution in [2.45, 2.75) is 0 Å². The molecule has 0 unspecified atom stereocenters. The maximum atomic E-state index is 10.9. The van der Waals surface area contributed by atoms with Crippen LogP contribution in [0.4, 0.5) is 0 Å². The number of hydrogen-bond acceptors (Lipinski definition) is 1. The second kappa shape index (κ2) is 4.04. The lowest BCUT2D eigenvalue weighted by Gasteiger charge is -2.07. The van der Waals surface area contributed by atoms with Gasteiger partial charge >= 0.3 is 5.97 Å². The van der Waals surface area contributed by atoms with Crippen LogP contribution in [0.25, 0.3) is 16.5 Å². The Bertz CT molecular complexity index is 723. The van der Waals surface area contributed by atoms with E-state index >= 15 is 0 Å². The van der Waals surface area contributed by atoms with Crippen LogP contribution in [0.1, 0.15) is 10.4 Å². The Labute approximate surface area is 104 Å². The Balaban J connectivity index is 2.21. The highest BCUT2D eigenvalue weighted by Gasteiger charge is 2.07. The minimum Gasteiger partial charge on any atom is -0.478 e. The summed E-state index contributed by atoms with van der Waals surface area (Å²) in [5, 5.41) is 11.2. The van der Waals surface area contributed by atoms with Gasteiger partial charge in [0.2, 0.25) is 0 Å². The molecule has 3 rings (SSSR count). The molecule has 0 atom stereocenters. The molecular weight excluding hydrogens is 226 g/mol. The van der Waals surface area contributed by atoms with Gasteiger partial charge < -0.3 is 9.67 Å². The van der Waals surface area contributed by atoms with Gasteiger partial charge in [0, 0.05) is 17.8 Å². The van der Waals surface area contributed by atoms with Gasteiger partial charge in [-0.1, -0.05) is 36.4 Å². The summed E-state index contributed by atoms with van der Waals surface area (Å²) < 4.78 is 1.84. The number of benzene rings is 2. The third-order valence-electron chi connectivity index (χ3n) is 2.98. The first-order chi connectivity index (χ1) is 8.75. The monoisotopic (exact) mass is 237 g/mol. The van der Waals surface area contributed by atoms with Gasteiger partial charge in [-0.3, -0.25) is 0 Å². The van der Waals surface area contributed by atoms with Crippen molar-refractivity contribution in [2.24, 2.45) is 0 Å². The van der Waals surface area contributed by atoms with Crippen molar-refractivity contribution in [1.82, 2.24) is 4.57 Å². The van der Waals surface area contributed by atoms with Crippen LogP contribution in [-0.4, -0.2) is 15.6 Å². The smallest absolute Gasteiger partial charge is 0.337 e. The van der Waals surface area contributed by atoms with E-state index < -0.39 is 5.97 Å². The van der Waals surface area contributed by atoms with Gasteiger partial charge in [-0.05, 0) is 17.5 Å². The average Bonchev–Trinajstić information content (AvgIpc) is 2.87. The van der Waals surface area contributed by atoms with Crippen molar-refractivity contribution in [1.29, 1.82) is 0 Å². The molecule has 0 radical (unpaired) electrons. The molecule has 0 bridgehead atoms. The minimum absolute atomic E-state index is 0.294. The predicted octanol–water partition coefficient (Wildman–Crippen LogP) is 3.33. The largest absolute Gasteiger partial charge is 0.478 e. The number of nitrogens with zero attached hydrogens (tertiary/aromatic N) is 1. The fourth-order valence-corrected chi connectivity index (χ4v) is 2.11. The van der Waals surface area contributed by atoms with Crippen molar-refractivity contribution < 1.29 is 9.90 Å². The fraction of sp³-hybridized carbons (Fsp3) is 0. The second-order valence-corrected chi connectivity index (χ2v) is 4.11. The van der Waals surface area contributed by atoms with Crippen molar-refractivity contribution in [2.75, 3.05) is 0 Å². The van der Waals surface area contributed by atoms with Crippen LogP contribution in [0.5, 0.6) is 0 Å². The quantitative estimate of drug-likeness (QED) is 0.742. The normalized spacial score (nSPS) is 10.7. The predicted molar refractivity (Wildman–Crippen MR) is 70.2 cm³/mol. The molecular formula is C15H11NO2. The number of fused-ring (bicyclic) bond motifs is 1. The van der Waals surface area contributed by atoms with E-state index in [9.17, 15) is 4.79 Å². The first-order valence-electron chi connectivity index (χ1n) is 5.65. The number of hydrogen-bond donors (Lipinski definition) is 1. The van der Waals surface area contributed by atoms with Gasteiger partial charge in [0.15, 0.2) is 0 Å². The lowest BCUT2D eigenvalue weighted by atomic mass is 10.1. The molecule has 0 aliphatic carbocycles. The summed E-state index contributed by atoms with van der Waals surface area (Å²) in [5.74, 6) is -0.908. The van der Waals surface area contributed by atoms with Gasteiger partial charge in [-0.25, -0.2) is 4.79 Å². The summed E-state index contributed by atoms with van der Waals surface area (Å²) >= 11 is 0. The Kier molecular flexibility index (Phi) is 2.38. The SMILES string of the molecule is O=C(O)c1ccn(-c2cccc3ccccc23)c1. The number of rotatable bonds is 2. The maximum Gasteiger partial charge on any atom is 0.337 e. The first kappa shape index (κ1) is 10.6. The van der Waals surface area contributed by atoms with Gasteiger partial charge in [-0.15, -0.1) is 0 Å². The Morgan fingerprint density at radius 1 is 1.00 bits per heavy atom. The van der Waals surface area contributed by atoms with Crippen molar-refractivity contribution in [3.63, 3.8) is 0 Å². The van der Waals surface area contributed by atoms with Crippen LogP contribution in [0.3, 0.4) is 0 Å². The van der Waals surface area contributed by atoms with E-state index in [2.05, 4.69) is 0 Å². The highest BCUT2D eigenvalue weighted by Crippen LogP contribution is 2.22. The summed E-state index contributed by atoms with van der Waals surface area (Å²) in [6.07, 6.45) is 3.40. The van der Waals surface area contributed by atoms with Crippen LogP contribution < -0.4 is 0 Å². The molecule has 2 aromatic carbocycles. The molecule has 0 saturated heterocycles. The number of aromatic carboxylic acids is 1. The van der Waals surface area contributed by atoms with Crippen molar-refractivity contribution in [3.8, 4) is 5.69 Å². The van der Waals surface area contributed by atoms with E-state index in [0.29, 0.717) is 5.56 Å². The molecule has 0 aliphatic heterocycles. The van der Waals surface area contributed by atoms with E-state index in [1.54, 1.807) is 18.5 Å². The standard InChI is InChI=1S/C15H11NO2/c17-15(18)12-8-9-16(10-12)14-7-3-5-11-4-1-2-6-13(11)14/h1-10H,(H,17,18). The van der Waals surface area contributed by atoms with Crippen LogP contribution in [0.2, 0.25) is 0 Å². The summed E-state index contributed by atoms with van der Waals surface area (Å²) in [4.78, 5) is 10.9. The molecule has 0 fully saturated rings. The summed E-state index contributed by atoms with van der Waals surface area (Å²) in [6.45, 7) is 0. The molecule has 18 heavy (non-hydrogen) atoms. The van der Waals surface area contributed by atoms with E-state index in [-0.39, 0.29) is 0 Å². The van der Waals surface area contributed by atoms with Gasteiger partial charge in [0.25, 0.3) is 0 Å². The van der Waals surface area contributed by atoms with Gasteiger partial charge in [0.1, 0.15) is 0 Å². The third kappa shape index (κ3) is 1.66. The average molecular weight is 237 g/mol. The summed E-state index contributed by atoms with van der Waals surface area (Å²) in [6, 6.07) is 15.6. The zero-order valence-electron chi connectivity index (χ0n) is 9.58. The molecule has 3 heteroatoms. The summed E-state index contributed by atoms with van der Waals surface area (Å²) in [7, 11) is 0. The Hall–Kier alpha value is -2.55. The lowest BCUT2D eigenvalue weighted by molar-refractivity contribution is 0.0697. The molecule has 0 amide bonds. The third-order valence-corrected chi connectivity index (χ3v) is 2.98. The number of carboxylic acids is 1. The fourth-order valence-electron chi connectivity index (χ4n) is 2.11. The first-order valence-corrected chi connectivity index (χ1v) is 5.65. The lowest BCUT2D eigenvalue weighted by Crippen LogP contribution is -1.95. The zero-order chi connectivity index (χ0) is 12.5. The highest BCUT2D eigenvalue weighted by molar-refractivity contribution is 5.91. The van der Waals surface area contributed by atoms with Crippen LogP contribution in [-0.2, 0) is 0 Å². The van der Waals surface area contributed by atoms with Crippen molar-refractivity contribution in [3.05, 3.63) is 66.5 Å². The molecule has 0 saturated carbocycles. The maximum absolute atomic E-state index is 10.9. The van der Waals surface area contributed by atoms with Gasteiger partial charge in [0.05, 0.1) is 11.3 Å². The molecule has 1 heterocycles. The Morgan fingerprint density at radius 2 is 1.78 bits per heavy atom. The number of carboxylic acid groups (broad SMARTS) is 1. The second-order valence-electron chi connectivity index (χ2n) is 4.11. The molecule has 1 N–H and O–H groups in total. The number of aromatic nitrogens is 1. The van der Waals surface area contributed by atoms with Crippen LogP contribution in [0.15, 0.2) is 60.9 Å². The topological polar surface area (TPSA) is 42.2 Å². The van der Waals surface area contributed by atoms with Gasteiger partial charge in [-0.2, -0.15) is 0 Å². The number of carbonyl (C=O) groups is 1. The van der Waals surface area contributed by atoms with Crippen LogP contribution >= 0.6 is 0 Å². The molecule has 1 aromatic heterocycles. The van der Waals surface area contributed by atoms with Crippen LogP contribution in [0, 0.1) is 0 Å². The van der Waals surface area contributed by atoms with E-state index in [1.165, 1.54) is 0 Å². The summed E-state index contributed by atoms with van der Waals surface area (Å²) in [5.41, 5.74) is 1.28. The van der Waals surface area contributed by atoms with E-state index in [4.69, 9.17) is 5.11 Å². The zero-order valence-corrected chi connectivity index (χ0v) is 9.58. The van der Waals surface area contributed by atoms with Crippen molar-refractivity contribution >= 4 is 16.7 Å². The molecule has 3 aromatic rings. The molecule has 0 spiro atoms. The molecule has 0 aliphatic rings.